The molecule has 0 saturated carbocycles. The lowest BCUT2D eigenvalue weighted by Crippen LogP contribution is -2.48. The van der Waals surface area contributed by atoms with Crippen molar-refractivity contribution in [3.8, 4) is 0 Å². The summed E-state index contributed by atoms with van der Waals surface area (Å²) < 4.78 is 0. The molecule has 0 radical (unpaired) electrons. The standard InChI is InChI=1S/C19H18Cl2N4O/c20-15-9-14(10-16(21)11-15)19(26)25-7-6-17(23-24-22)12-18(25)8-13-4-2-1-3-5-13/h1-5,9-11,17-18H,6-8,12H2. The van der Waals surface area contributed by atoms with E-state index < -0.39 is 0 Å². The first-order valence-electron chi connectivity index (χ1n) is 8.42. The largest absolute Gasteiger partial charge is 0.335 e. The molecule has 134 valence electrons. The van der Waals surface area contributed by atoms with E-state index in [1.54, 1.807) is 18.2 Å². The highest BCUT2D eigenvalue weighted by Crippen LogP contribution is 2.27. The summed E-state index contributed by atoms with van der Waals surface area (Å²) in [5, 5.41) is 4.74. The van der Waals surface area contributed by atoms with Crippen molar-refractivity contribution in [1.29, 1.82) is 0 Å². The average molecular weight is 389 g/mol. The molecule has 5 nitrogen and oxygen atoms in total. The van der Waals surface area contributed by atoms with Crippen LogP contribution in [0.4, 0.5) is 0 Å². The Labute approximate surface area is 162 Å². The summed E-state index contributed by atoms with van der Waals surface area (Å²) in [6.45, 7) is 0.532. The molecule has 1 aliphatic rings. The van der Waals surface area contributed by atoms with E-state index in [4.69, 9.17) is 28.7 Å². The Morgan fingerprint density at radius 1 is 1.19 bits per heavy atom. The Balaban J connectivity index is 1.86. The molecule has 1 heterocycles. The third-order valence-electron chi connectivity index (χ3n) is 4.59. The Kier molecular flexibility index (Phi) is 6.04. The molecule has 2 unspecified atom stereocenters. The van der Waals surface area contributed by atoms with E-state index in [0.29, 0.717) is 41.4 Å². The zero-order chi connectivity index (χ0) is 18.5. The van der Waals surface area contributed by atoms with Crippen molar-refractivity contribution >= 4 is 29.1 Å². The highest BCUT2D eigenvalue weighted by molar-refractivity contribution is 6.35. The topological polar surface area (TPSA) is 69.1 Å². The molecule has 0 aliphatic carbocycles. The van der Waals surface area contributed by atoms with Crippen LogP contribution in [0.1, 0.15) is 28.8 Å². The molecule has 7 heteroatoms. The monoisotopic (exact) mass is 388 g/mol. The molecule has 0 bridgehead atoms. The molecule has 2 aromatic carbocycles. The van der Waals surface area contributed by atoms with Crippen molar-refractivity contribution in [3.63, 3.8) is 0 Å². The number of amides is 1. The number of likely N-dealkylation sites (tertiary alicyclic amines) is 1. The molecule has 1 fully saturated rings. The van der Waals surface area contributed by atoms with Crippen LogP contribution in [0.5, 0.6) is 0 Å². The number of piperidine rings is 1. The zero-order valence-electron chi connectivity index (χ0n) is 14.1. The lowest BCUT2D eigenvalue weighted by molar-refractivity contribution is 0.0595. The number of hydrogen-bond acceptors (Lipinski definition) is 2. The van der Waals surface area contributed by atoms with Crippen LogP contribution in [0.2, 0.25) is 10.0 Å². The summed E-state index contributed by atoms with van der Waals surface area (Å²) in [7, 11) is 0. The molecular weight excluding hydrogens is 371 g/mol. The number of azide groups is 1. The summed E-state index contributed by atoms with van der Waals surface area (Å²) >= 11 is 12.1. The lowest BCUT2D eigenvalue weighted by atomic mass is 9.92. The van der Waals surface area contributed by atoms with Crippen molar-refractivity contribution in [3.05, 3.63) is 80.1 Å². The van der Waals surface area contributed by atoms with Gasteiger partial charge in [-0.1, -0.05) is 58.6 Å². The van der Waals surface area contributed by atoms with Gasteiger partial charge in [0.25, 0.3) is 5.91 Å². The summed E-state index contributed by atoms with van der Waals surface area (Å²) in [4.78, 5) is 17.9. The van der Waals surface area contributed by atoms with E-state index >= 15 is 0 Å². The fourth-order valence-electron chi connectivity index (χ4n) is 3.40. The van der Waals surface area contributed by atoms with Crippen molar-refractivity contribution in [1.82, 2.24) is 4.90 Å². The van der Waals surface area contributed by atoms with Crippen molar-refractivity contribution < 1.29 is 4.79 Å². The normalized spacial score (nSPS) is 19.7. The third-order valence-corrected chi connectivity index (χ3v) is 5.02. The van der Waals surface area contributed by atoms with Crippen LogP contribution in [0, 0.1) is 0 Å². The van der Waals surface area contributed by atoms with Gasteiger partial charge in [-0.15, -0.1) is 0 Å². The van der Waals surface area contributed by atoms with Crippen LogP contribution in [-0.4, -0.2) is 29.4 Å². The minimum atomic E-state index is -0.102. The van der Waals surface area contributed by atoms with E-state index in [9.17, 15) is 4.79 Å². The molecule has 0 N–H and O–H groups in total. The second kappa shape index (κ2) is 8.45. The maximum Gasteiger partial charge on any atom is 0.254 e. The Morgan fingerprint density at radius 3 is 2.54 bits per heavy atom. The number of nitrogens with zero attached hydrogens (tertiary/aromatic N) is 4. The van der Waals surface area contributed by atoms with Gasteiger partial charge in [0.2, 0.25) is 0 Å². The second-order valence-electron chi connectivity index (χ2n) is 6.38. The van der Waals surface area contributed by atoms with Crippen LogP contribution in [0.25, 0.3) is 10.4 Å². The SMILES string of the molecule is [N-]=[N+]=NC1CCN(C(=O)c2cc(Cl)cc(Cl)c2)C(Cc2ccccc2)C1. The number of carbonyl (C=O) groups is 1. The minimum absolute atomic E-state index is 0.0492. The highest BCUT2D eigenvalue weighted by atomic mass is 35.5. The molecular formula is C19H18Cl2N4O. The van der Waals surface area contributed by atoms with Gasteiger partial charge in [-0.05, 0) is 48.6 Å². The maximum absolute atomic E-state index is 13.1. The minimum Gasteiger partial charge on any atom is -0.335 e. The first-order chi connectivity index (χ1) is 12.6. The van der Waals surface area contributed by atoms with E-state index in [0.717, 1.165) is 5.56 Å². The van der Waals surface area contributed by atoms with Gasteiger partial charge in [0, 0.05) is 39.1 Å². The van der Waals surface area contributed by atoms with E-state index in [2.05, 4.69) is 10.0 Å². The Hall–Kier alpha value is -2.20. The molecule has 0 aromatic heterocycles. The van der Waals surface area contributed by atoms with Gasteiger partial charge in [0.15, 0.2) is 0 Å². The summed E-state index contributed by atoms with van der Waals surface area (Å²) in [5.41, 5.74) is 10.4. The number of hydrogen-bond donors (Lipinski definition) is 0. The van der Waals surface area contributed by atoms with Gasteiger partial charge >= 0.3 is 0 Å². The van der Waals surface area contributed by atoms with E-state index in [1.165, 1.54) is 0 Å². The average Bonchev–Trinajstić information content (AvgIpc) is 2.62. The molecule has 3 rings (SSSR count). The number of benzene rings is 2. The van der Waals surface area contributed by atoms with E-state index in [-0.39, 0.29) is 18.0 Å². The predicted molar refractivity (Wildman–Crippen MR) is 104 cm³/mol. The fourth-order valence-corrected chi connectivity index (χ4v) is 3.92. The van der Waals surface area contributed by atoms with Crippen LogP contribution >= 0.6 is 23.2 Å². The molecule has 2 aromatic rings. The van der Waals surface area contributed by atoms with Crippen molar-refractivity contribution in [2.24, 2.45) is 5.11 Å². The smallest absolute Gasteiger partial charge is 0.254 e. The molecule has 1 amide bonds. The van der Waals surface area contributed by atoms with Crippen LogP contribution in [0.15, 0.2) is 53.6 Å². The van der Waals surface area contributed by atoms with Crippen molar-refractivity contribution in [2.45, 2.75) is 31.3 Å². The highest BCUT2D eigenvalue weighted by Gasteiger charge is 2.32. The van der Waals surface area contributed by atoms with E-state index in [1.807, 2.05) is 35.2 Å². The molecule has 1 aliphatic heterocycles. The fraction of sp³-hybridized carbons (Fsp3) is 0.316. The third kappa shape index (κ3) is 4.50. The van der Waals surface area contributed by atoms with Crippen LogP contribution < -0.4 is 0 Å². The zero-order valence-corrected chi connectivity index (χ0v) is 15.6. The number of carbonyl (C=O) groups excluding carboxylic acids is 1. The summed E-state index contributed by atoms with van der Waals surface area (Å²) in [6, 6.07) is 14.7. The molecule has 1 saturated heterocycles. The first-order valence-corrected chi connectivity index (χ1v) is 9.17. The number of rotatable bonds is 4. The van der Waals surface area contributed by atoms with Gasteiger partial charge < -0.3 is 4.90 Å². The van der Waals surface area contributed by atoms with Crippen LogP contribution in [-0.2, 0) is 6.42 Å². The van der Waals surface area contributed by atoms with Crippen LogP contribution in [0.3, 0.4) is 0 Å². The van der Waals surface area contributed by atoms with Gasteiger partial charge in [-0.25, -0.2) is 0 Å². The Morgan fingerprint density at radius 2 is 1.88 bits per heavy atom. The van der Waals surface area contributed by atoms with Gasteiger partial charge in [-0.3, -0.25) is 4.79 Å². The first kappa shape index (κ1) is 18.6. The summed E-state index contributed by atoms with van der Waals surface area (Å²) in [6.07, 6.45) is 1.99. The van der Waals surface area contributed by atoms with Crippen molar-refractivity contribution in [2.75, 3.05) is 6.54 Å². The lowest BCUT2D eigenvalue weighted by Gasteiger charge is -2.38. The summed E-state index contributed by atoms with van der Waals surface area (Å²) in [5.74, 6) is -0.102. The van der Waals surface area contributed by atoms with Gasteiger partial charge in [0.1, 0.15) is 0 Å². The molecule has 0 spiro atoms. The molecule has 26 heavy (non-hydrogen) atoms. The van der Waals surface area contributed by atoms with Gasteiger partial charge in [-0.2, -0.15) is 0 Å². The van der Waals surface area contributed by atoms with Gasteiger partial charge in [0.05, 0.1) is 0 Å². The second-order valence-corrected chi connectivity index (χ2v) is 7.26. The quantitative estimate of drug-likeness (QED) is 0.386. The molecule has 2 atom stereocenters. The predicted octanol–water partition coefficient (Wildman–Crippen LogP) is 5.52. The maximum atomic E-state index is 13.1. The number of halogens is 2. The Bertz CT molecular complexity index is 816.